The highest BCUT2D eigenvalue weighted by molar-refractivity contribution is 6.33. The van der Waals surface area contributed by atoms with Crippen molar-refractivity contribution < 1.29 is 92.5 Å². The SMILES string of the molecule is CCOC1=NC2=C(c3c(F)c(F)c(F)c(F)c3F)C3=NC(=C(c4c(F)c(F)c(F)c(F)c4F)c4c[nH]c(c4)C(c4c(F)c(F)c(F)c(F)c4F)=c4ccc([nH]4)=C(c4c(F)c(F)c(F)c(F)c4F)C1=C2)C=C3. The topological polar surface area (TPSA) is 65.5 Å². The number of halogens is 20. The molecule has 5 nitrogen and oxygen atoms in total. The second-order valence-corrected chi connectivity index (χ2v) is 14.9. The Labute approximate surface area is 379 Å². The summed E-state index contributed by atoms with van der Waals surface area (Å²) in [7, 11) is 0. The van der Waals surface area contributed by atoms with E-state index < -0.39 is 218 Å². The number of H-pyrrole nitrogens is 2. The number of aromatic nitrogens is 2. The van der Waals surface area contributed by atoms with Crippen molar-refractivity contribution >= 4 is 33.9 Å². The molecular formula is C46H14F20N4O. The molecule has 2 aromatic heterocycles. The summed E-state index contributed by atoms with van der Waals surface area (Å²) in [6.07, 6.45) is 2.16. The number of fused-ring (bicyclic) bond motifs is 6. The first-order chi connectivity index (χ1) is 33.5. The smallest absolute Gasteiger partial charge is 0.222 e. The molecule has 0 unspecified atom stereocenters. The highest BCUT2D eigenvalue weighted by atomic mass is 19.2. The lowest BCUT2D eigenvalue weighted by Crippen LogP contribution is -2.23. The number of aliphatic imine (C=N–C) groups is 2. The summed E-state index contributed by atoms with van der Waals surface area (Å²) in [4.78, 5) is 12.4. The van der Waals surface area contributed by atoms with Crippen LogP contribution < -0.4 is 10.7 Å². The fraction of sp³-hybridized carbons (Fsp3) is 0.0435. The monoisotopic (exact) mass is 1020 g/mol. The van der Waals surface area contributed by atoms with Gasteiger partial charge in [-0.25, -0.2) is 97.8 Å². The lowest BCUT2D eigenvalue weighted by atomic mass is 9.93. The highest BCUT2D eigenvalue weighted by Gasteiger charge is 2.39. The van der Waals surface area contributed by atoms with Gasteiger partial charge >= 0.3 is 0 Å². The van der Waals surface area contributed by atoms with Crippen molar-refractivity contribution in [3.8, 4) is 0 Å². The molecule has 0 atom stereocenters. The molecule has 2 N–H and O–H groups in total. The van der Waals surface area contributed by atoms with E-state index in [1.165, 1.54) is 6.92 Å². The van der Waals surface area contributed by atoms with Crippen LogP contribution in [0.3, 0.4) is 0 Å². The van der Waals surface area contributed by atoms with E-state index >= 15 is 70.2 Å². The van der Waals surface area contributed by atoms with Gasteiger partial charge in [-0.3, -0.25) is 0 Å². The van der Waals surface area contributed by atoms with Gasteiger partial charge in [-0.1, -0.05) is 0 Å². The zero-order chi connectivity index (χ0) is 51.6. The van der Waals surface area contributed by atoms with E-state index in [0.29, 0.717) is 42.6 Å². The van der Waals surface area contributed by atoms with Gasteiger partial charge in [0.25, 0.3) is 0 Å². The average molecular weight is 1020 g/mol. The quantitative estimate of drug-likeness (QED) is 0.101. The van der Waals surface area contributed by atoms with Gasteiger partial charge in [0, 0.05) is 56.0 Å². The average Bonchev–Trinajstić information content (AvgIpc) is 4.21. The van der Waals surface area contributed by atoms with E-state index in [9.17, 15) is 17.6 Å². The van der Waals surface area contributed by atoms with Crippen LogP contribution in [0.5, 0.6) is 0 Å². The van der Waals surface area contributed by atoms with Crippen molar-refractivity contribution in [3.05, 3.63) is 220 Å². The van der Waals surface area contributed by atoms with Gasteiger partial charge in [0.2, 0.25) is 29.2 Å². The largest absolute Gasteiger partial charge is 0.478 e. The molecule has 0 radical (unpaired) electrons. The molecule has 9 rings (SSSR count). The number of aromatic amines is 2. The molecule has 71 heavy (non-hydrogen) atoms. The first kappa shape index (κ1) is 47.9. The maximum atomic E-state index is 16.1. The van der Waals surface area contributed by atoms with Crippen molar-refractivity contribution in [3.63, 3.8) is 0 Å². The standard InChI is InChI=1S/C46H14F20N4O/c1-2-71-46-11-8-17(70-46)21(25-32(53)40(61)45(66)41(62)33(25)54)15-5-3-12(68-15)18(22-26(47)34(55)42(63)35(56)27(22)48)10-7-16(67-9-10)20(24-30(51)38(59)44(65)39(60)31(24)52)14-6-4-13(69-14)19(11)23-28(49)36(57)43(64)37(58)29(23)50/h3-9,67,69H,2H2,1H3. The number of nitrogens with zero attached hydrogens (tertiary/aromatic N) is 2. The second-order valence-electron chi connectivity index (χ2n) is 14.9. The van der Waals surface area contributed by atoms with Gasteiger partial charge in [0.15, 0.2) is 93.1 Å². The third kappa shape index (κ3) is 7.01. The molecule has 0 amide bonds. The Morgan fingerprint density at radius 1 is 0.423 bits per heavy atom. The Hall–Kier alpha value is -8.12. The fourth-order valence-electron chi connectivity index (χ4n) is 7.90. The van der Waals surface area contributed by atoms with Gasteiger partial charge in [-0.05, 0) is 43.4 Å². The molecule has 3 aliphatic heterocycles. The van der Waals surface area contributed by atoms with Crippen LogP contribution in [0, 0.1) is 116 Å². The fourth-order valence-corrected chi connectivity index (χ4v) is 7.90. The van der Waals surface area contributed by atoms with Crippen LogP contribution in [0.1, 0.15) is 40.4 Å². The van der Waals surface area contributed by atoms with Gasteiger partial charge in [0.1, 0.15) is 0 Å². The molecule has 6 aromatic rings. The van der Waals surface area contributed by atoms with Crippen LogP contribution in [-0.2, 0) is 4.74 Å². The maximum Gasteiger partial charge on any atom is 0.222 e. The molecule has 25 heteroatoms. The van der Waals surface area contributed by atoms with Gasteiger partial charge < -0.3 is 14.7 Å². The van der Waals surface area contributed by atoms with Gasteiger partial charge in [0.05, 0.1) is 46.0 Å². The van der Waals surface area contributed by atoms with Crippen LogP contribution in [0.15, 0.2) is 69.6 Å². The molecule has 5 heterocycles. The summed E-state index contributed by atoms with van der Waals surface area (Å²) >= 11 is 0. The zero-order valence-electron chi connectivity index (χ0n) is 34.1. The predicted molar refractivity (Wildman–Crippen MR) is 207 cm³/mol. The molecule has 0 saturated carbocycles. The van der Waals surface area contributed by atoms with Crippen LogP contribution in [-0.4, -0.2) is 28.2 Å². The number of ether oxygens (including phenoxy) is 1. The van der Waals surface area contributed by atoms with Crippen LogP contribution in [0.25, 0.3) is 22.3 Å². The number of hydrogen-bond acceptors (Lipinski definition) is 3. The molecule has 0 fully saturated rings. The van der Waals surface area contributed by atoms with Crippen molar-refractivity contribution in [2.24, 2.45) is 9.98 Å². The zero-order valence-corrected chi connectivity index (χ0v) is 34.1. The Bertz CT molecular complexity index is 3660. The van der Waals surface area contributed by atoms with E-state index in [2.05, 4.69) is 20.0 Å². The predicted octanol–water partition coefficient (Wildman–Crippen LogP) is 11.1. The van der Waals surface area contributed by atoms with Gasteiger partial charge in [-0.15, -0.1) is 0 Å². The second kappa shape index (κ2) is 17.1. The molecule has 0 spiro atoms. The molecule has 0 saturated heterocycles. The summed E-state index contributed by atoms with van der Waals surface area (Å²) in [5.74, 6) is -54.0. The summed E-state index contributed by atoms with van der Waals surface area (Å²) < 4.78 is 311. The molecule has 8 bridgehead atoms. The lowest BCUT2D eigenvalue weighted by Gasteiger charge is -2.15. The van der Waals surface area contributed by atoms with Crippen molar-refractivity contribution in [1.29, 1.82) is 0 Å². The first-order valence-corrected chi connectivity index (χ1v) is 19.4. The van der Waals surface area contributed by atoms with Crippen molar-refractivity contribution in [2.45, 2.75) is 6.92 Å². The Morgan fingerprint density at radius 3 is 1.24 bits per heavy atom. The maximum absolute atomic E-state index is 16.1. The Balaban J connectivity index is 1.57. The Kier molecular flexibility index (Phi) is 11.5. The number of benzene rings is 4. The summed E-state index contributed by atoms with van der Waals surface area (Å²) in [6.45, 7) is 0.596. The minimum Gasteiger partial charge on any atom is -0.478 e. The third-order valence-corrected chi connectivity index (χ3v) is 11.0. The van der Waals surface area contributed by atoms with Crippen LogP contribution >= 0.6 is 0 Å². The number of allylic oxidation sites excluding steroid dienone is 4. The molecule has 4 aromatic carbocycles. The number of nitrogens with one attached hydrogen (secondary N) is 2. The Morgan fingerprint density at radius 2 is 0.803 bits per heavy atom. The summed E-state index contributed by atoms with van der Waals surface area (Å²) in [5, 5.41) is -1.91. The summed E-state index contributed by atoms with van der Waals surface area (Å²) in [5.41, 5.74) is -18.9. The highest BCUT2D eigenvalue weighted by Crippen LogP contribution is 2.43. The summed E-state index contributed by atoms with van der Waals surface area (Å²) in [6, 6.07) is 1.78. The number of rotatable bonds is 5. The van der Waals surface area contributed by atoms with E-state index in [1.807, 2.05) is 0 Å². The normalized spacial score (nSPS) is 14.6. The lowest BCUT2D eigenvalue weighted by molar-refractivity contribution is 0.329. The molecule has 3 aliphatic rings. The van der Waals surface area contributed by atoms with Gasteiger partial charge in [-0.2, -0.15) is 0 Å². The third-order valence-electron chi connectivity index (χ3n) is 11.0. The first-order valence-electron chi connectivity index (χ1n) is 19.4. The minimum atomic E-state index is -2.74. The molecule has 0 aliphatic carbocycles. The van der Waals surface area contributed by atoms with Crippen LogP contribution in [0.4, 0.5) is 87.8 Å². The van der Waals surface area contributed by atoms with Crippen molar-refractivity contribution in [2.75, 3.05) is 6.61 Å². The van der Waals surface area contributed by atoms with E-state index in [1.54, 1.807) is 0 Å². The van der Waals surface area contributed by atoms with E-state index in [0.717, 1.165) is 0 Å². The van der Waals surface area contributed by atoms with Crippen LogP contribution in [0.2, 0.25) is 0 Å². The number of hydrogen-bond donors (Lipinski definition) is 2. The van der Waals surface area contributed by atoms with Crippen molar-refractivity contribution in [1.82, 2.24) is 9.97 Å². The van der Waals surface area contributed by atoms with E-state index in [-0.39, 0.29) is 0 Å². The molecule has 364 valence electrons. The molecular weight excluding hydrogens is 1000 g/mol. The van der Waals surface area contributed by atoms with E-state index in [4.69, 9.17) is 4.74 Å². The minimum absolute atomic E-state index is 0.437.